The summed E-state index contributed by atoms with van der Waals surface area (Å²) in [5.41, 5.74) is 0.551. The normalized spacial score (nSPS) is 14.7. The first-order valence-electron chi connectivity index (χ1n) is 7.30. The molecule has 0 saturated carbocycles. The first kappa shape index (κ1) is 16.7. The number of carbonyl (C=O) groups excluding carboxylic acids is 2. The quantitative estimate of drug-likeness (QED) is 0.585. The molecule has 0 aromatic carbocycles. The van der Waals surface area contributed by atoms with Gasteiger partial charge in [0.05, 0.1) is 23.5 Å². The van der Waals surface area contributed by atoms with Crippen LogP contribution in [0.25, 0.3) is 0 Å². The van der Waals surface area contributed by atoms with Gasteiger partial charge in [-0.3, -0.25) is 4.79 Å². The van der Waals surface area contributed by atoms with Gasteiger partial charge in [0.25, 0.3) is 0 Å². The molecule has 2 rings (SSSR count). The average molecular weight is 325 g/mol. The highest BCUT2D eigenvalue weighted by Crippen LogP contribution is 2.12. The van der Waals surface area contributed by atoms with Crippen molar-refractivity contribution in [3.8, 4) is 0 Å². The third-order valence-electron chi connectivity index (χ3n) is 3.60. The van der Waals surface area contributed by atoms with Gasteiger partial charge < -0.3 is 24.7 Å². The second kappa shape index (κ2) is 7.07. The summed E-state index contributed by atoms with van der Waals surface area (Å²) in [6.45, 7) is 5.27. The predicted octanol–water partition coefficient (Wildman–Crippen LogP) is 0.400. The maximum absolute atomic E-state index is 12.3. The van der Waals surface area contributed by atoms with E-state index in [-0.39, 0.29) is 24.4 Å². The minimum Gasteiger partial charge on any atom is -0.450 e. The Hall–Kier alpha value is -2.65. The van der Waals surface area contributed by atoms with E-state index in [2.05, 4.69) is 5.10 Å². The Morgan fingerprint density at radius 1 is 1.30 bits per heavy atom. The molecule has 1 aromatic rings. The van der Waals surface area contributed by atoms with Gasteiger partial charge in [0.15, 0.2) is 0 Å². The van der Waals surface area contributed by atoms with Crippen LogP contribution in [0.4, 0.5) is 10.6 Å². The maximum Gasteiger partial charge on any atom is 0.409 e. The molecular formula is C13H19N5O5. The van der Waals surface area contributed by atoms with Gasteiger partial charge in [0.1, 0.15) is 6.54 Å². The van der Waals surface area contributed by atoms with Crippen LogP contribution in [-0.4, -0.2) is 69.3 Å². The summed E-state index contributed by atoms with van der Waals surface area (Å²) in [7, 11) is 0. The van der Waals surface area contributed by atoms with Gasteiger partial charge in [-0.15, -0.1) is 0 Å². The zero-order valence-corrected chi connectivity index (χ0v) is 13.1. The molecule has 1 saturated heterocycles. The second-order valence-corrected chi connectivity index (χ2v) is 5.13. The number of aryl methyl sites for hydroxylation is 1. The van der Waals surface area contributed by atoms with Crippen LogP contribution in [-0.2, 0) is 16.1 Å². The Morgan fingerprint density at radius 3 is 2.43 bits per heavy atom. The molecule has 2 heterocycles. The van der Waals surface area contributed by atoms with Crippen molar-refractivity contribution in [1.29, 1.82) is 0 Å². The lowest BCUT2D eigenvalue weighted by molar-refractivity contribution is -0.389. The van der Waals surface area contributed by atoms with Crippen LogP contribution < -0.4 is 0 Å². The zero-order chi connectivity index (χ0) is 17.0. The minimum absolute atomic E-state index is 0.0565. The fourth-order valence-corrected chi connectivity index (χ4v) is 2.32. The SMILES string of the molecule is CCOC(=O)N1CCN(C(=O)Cn2nc([N+](=O)[O-])cc2C)CC1. The molecule has 0 aliphatic carbocycles. The van der Waals surface area contributed by atoms with E-state index in [9.17, 15) is 19.7 Å². The van der Waals surface area contributed by atoms with E-state index < -0.39 is 4.92 Å². The van der Waals surface area contributed by atoms with Crippen LogP contribution in [0.5, 0.6) is 0 Å². The molecule has 0 radical (unpaired) electrons. The largest absolute Gasteiger partial charge is 0.450 e. The van der Waals surface area contributed by atoms with Crippen LogP contribution in [0.3, 0.4) is 0 Å². The number of nitrogens with zero attached hydrogens (tertiary/aromatic N) is 5. The molecule has 1 aromatic heterocycles. The lowest BCUT2D eigenvalue weighted by Gasteiger charge is -2.33. The number of rotatable bonds is 4. The molecule has 126 valence electrons. The highest BCUT2D eigenvalue weighted by atomic mass is 16.6. The number of hydrogen-bond donors (Lipinski definition) is 0. The Bertz CT molecular complexity index is 606. The number of amides is 2. The third-order valence-corrected chi connectivity index (χ3v) is 3.60. The van der Waals surface area contributed by atoms with Crippen LogP contribution in [0.1, 0.15) is 12.6 Å². The van der Waals surface area contributed by atoms with E-state index in [0.717, 1.165) is 0 Å². The number of nitro groups is 1. The number of ether oxygens (including phenoxy) is 1. The molecule has 10 heteroatoms. The van der Waals surface area contributed by atoms with Crippen molar-refractivity contribution in [3.05, 3.63) is 21.9 Å². The van der Waals surface area contributed by atoms with E-state index in [1.165, 1.54) is 10.7 Å². The van der Waals surface area contributed by atoms with Gasteiger partial charge in [0, 0.05) is 26.2 Å². The van der Waals surface area contributed by atoms with Crippen molar-refractivity contribution in [1.82, 2.24) is 19.6 Å². The van der Waals surface area contributed by atoms with Gasteiger partial charge in [0.2, 0.25) is 5.91 Å². The number of carbonyl (C=O) groups is 2. The Morgan fingerprint density at radius 2 is 1.91 bits per heavy atom. The fraction of sp³-hybridized carbons (Fsp3) is 0.615. The van der Waals surface area contributed by atoms with Crippen molar-refractivity contribution < 1.29 is 19.2 Å². The fourth-order valence-electron chi connectivity index (χ4n) is 2.32. The molecule has 0 N–H and O–H groups in total. The van der Waals surface area contributed by atoms with Gasteiger partial charge in [-0.25, -0.2) is 4.79 Å². The molecule has 1 fully saturated rings. The van der Waals surface area contributed by atoms with Gasteiger partial charge in [-0.05, 0) is 18.8 Å². The molecule has 0 atom stereocenters. The molecule has 1 aliphatic heterocycles. The summed E-state index contributed by atoms with van der Waals surface area (Å²) in [6, 6.07) is 1.33. The summed E-state index contributed by atoms with van der Waals surface area (Å²) >= 11 is 0. The molecule has 10 nitrogen and oxygen atoms in total. The summed E-state index contributed by atoms with van der Waals surface area (Å²) in [6.07, 6.45) is -0.377. The van der Waals surface area contributed by atoms with Gasteiger partial charge in [-0.1, -0.05) is 0 Å². The van der Waals surface area contributed by atoms with Gasteiger partial charge >= 0.3 is 11.9 Å². The summed E-state index contributed by atoms with van der Waals surface area (Å²) in [5.74, 6) is -0.461. The summed E-state index contributed by atoms with van der Waals surface area (Å²) in [5, 5.41) is 14.5. The topological polar surface area (TPSA) is 111 Å². The highest BCUT2D eigenvalue weighted by molar-refractivity contribution is 5.76. The van der Waals surface area contributed by atoms with Crippen molar-refractivity contribution in [2.75, 3.05) is 32.8 Å². The number of aromatic nitrogens is 2. The first-order valence-corrected chi connectivity index (χ1v) is 7.30. The summed E-state index contributed by atoms with van der Waals surface area (Å²) in [4.78, 5) is 37.1. The van der Waals surface area contributed by atoms with Crippen molar-refractivity contribution >= 4 is 17.8 Å². The van der Waals surface area contributed by atoms with Crippen LogP contribution in [0.15, 0.2) is 6.07 Å². The third kappa shape index (κ3) is 3.96. The van der Waals surface area contributed by atoms with Crippen LogP contribution in [0, 0.1) is 17.0 Å². The Labute approximate surface area is 132 Å². The smallest absolute Gasteiger partial charge is 0.409 e. The molecule has 0 bridgehead atoms. The predicted molar refractivity (Wildman–Crippen MR) is 78.8 cm³/mol. The van der Waals surface area contributed by atoms with Gasteiger partial charge in [-0.2, -0.15) is 4.68 Å². The average Bonchev–Trinajstić information content (AvgIpc) is 2.89. The highest BCUT2D eigenvalue weighted by Gasteiger charge is 2.26. The number of piperazine rings is 1. The summed E-state index contributed by atoms with van der Waals surface area (Å²) < 4.78 is 6.24. The molecule has 0 unspecified atom stereocenters. The van der Waals surface area contributed by atoms with E-state index in [0.29, 0.717) is 38.5 Å². The van der Waals surface area contributed by atoms with E-state index in [4.69, 9.17) is 4.74 Å². The van der Waals surface area contributed by atoms with E-state index in [1.807, 2.05) is 0 Å². The lowest BCUT2D eigenvalue weighted by atomic mass is 10.3. The first-order chi connectivity index (χ1) is 10.9. The Balaban J connectivity index is 1.90. The molecule has 1 aliphatic rings. The molecular weight excluding hydrogens is 306 g/mol. The molecule has 0 spiro atoms. The monoisotopic (exact) mass is 325 g/mol. The standard InChI is InChI=1S/C13H19N5O5/c1-3-23-13(20)16-6-4-15(5-7-16)12(19)9-17-10(2)8-11(14-17)18(21)22/h8H,3-7,9H2,1-2H3. The molecule has 2 amide bonds. The maximum atomic E-state index is 12.3. The van der Waals surface area contributed by atoms with Crippen molar-refractivity contribution in [2.45, 2.75) is 20.4 Å². The van der Waals surface area contributed by atoms with Crippen LogP contribution >= 0.6 is 0 Å². The van der Waals surface area contributed by atoms with E-state index >= 15 is 0 Å². The minimum atomic E-state index is -0.591. The van der Waals surface area contributed by atoms with E-state index in [1.54, 1.807) is 23.6 Å². The molecule has 23 heavy (non-hydrogen) atoms. The van der Waals surface area contributed by atoms with Crippen molar-refractivity contribution in [3.63, 3.8) is 0 Å². The second-order valence-electron chi connectivity index (χ2n) is 5.13. The van der Waals surface area contributed by atoms with Crippen molar-refractivity contribution in [2.24, 2.45) is 0 Å². The van der Waals surface area contributed by atoms with Crippen LogP contribution in [0.2, 0.25) is 0 Å². The lowest BCUT2D eigenvalue weighted by Crippen LogP contribution is -2.51. The Kier molecular flexibility index (Phi) is 5.14. The number of hydrogen-bond acceptors (Lipinski definition) is 6. The zero-order valence-electron chi connectivity index (χ0n) is 13.1.